The zero-order valence-corrected chi connectivity index (χ0v) is 19.0. The molecule has 30 heavy (non-hydrogen) atoms. The normalized spacial score (nSPS) is 22.0. The smallest absolute Gasteiger partial charge is 0.251 e. The summed E-state index contributed by atoms with van der Waals surface area (Å²) in [6, 6.07) is 6.23. The van der Waals surface area contributed by atoms with Gasteiger partial charge in [-0.15, -0.1) is 0 Å². The van der Waals surface area contributed by atoms with Crippen LogP contribution in [0.3, 0.4) is 0 Å². The number of benzene rings is 1. The molecular formula is C22H35N3O4S. The molecule has 1 amide bonds. The molecule has 2 N–H and O–H groups in total. The van der Waals surface area contributed by atoms with E-state index in [0.717, 1.165) is 38.5 Å². The lowest BCUT2D eigenvalue weighted by Gasteiger charge is -2.39. The van der Waals surface area contributed by atoms with Gasteiger partial charge in [-0.2, -0.15) is 0 Å². The lowest BCUT2D eigenvalue weighted by Crippen LogP contribution is -2.52. The standard InChI is InChI=1S/C22H35N3O4S/c1-25(2)22(12-5-3-4-6-13-22)17-23-21(26)18-9-7-11-20(15-18)30(27,28)24-16-19-10-8-14-29-19/h7,9,11,15,19,24H,3-6,8,10,12-14,16-17H2,1-2H3,(H,23,26). The van der Waals surface area contributed by atoms with E-state index in [1.807, 2.05) is 0 Å². The van der Waals surface area contributed by atoms with Gasteiger partial charge in [0.1, 0.15) is 0 Å². The van der Waals surface area contributed by atoms with Crippen LogP contribution in [0.15, 0.2) is 29.2 Å². The molecule has 1 atom stereocenters. The number of nitrogens with one attached hydrogen (secondary N) is 2. The van der Waals surface area contributed by atoms with E-state index < -0.39 is 10.0 Å². The lowest BCUT2D eigenvalue weighted by atomic mass is 9.88. The molecule has 2 fully saturated rings. The zero-order chi connectivity index (χ0) is 21.6. The number of amides is 1. The summed E-state index contributed by atoms with van der Waals surface area (Å²) in [7, 11) is 0.460. The largest absolute Gasteiger partial charge is 0.377 e. The molecule has 1 heterocycles. The second-order valence-corrected chi connectivity index (χ2v) is 10.5. The molecule has 0 bridgehead atoms. The molecule has 8 heteroatoms. The summed E-state index contributed by atoms with van der Waals surface area (Å²) < 4.78 is 33.4. The summed E-state index contributed by atoms with van der Waals surface area (Å²) in [5.41, 5.74) is 0.316. The van der Waals surface area contributed by atoms with Crippen LogP contribution in [0.5, 0.6) is 0 Å². The van der Waals surface area contributed by atoms with E-state index in [1.54, 1.807) is 12.1 Å². The Morgan fingerprint density at radius 3 is 2.53 bits per heavy atom. The minimum atomic E-state index is -3.69. The molecule has 7 nitrogen and oxygen atoms in total. The Hall–Kier alpha value is -1.48. The third-order valence-corrected chi connectivity index (χ3v) is 7.91. The van der Waals surface area contributed by atoms with Crippen molar-refractivity contribution in [3.63, 3.8) is 0 Å². The van der Waals surface area contributed by atoms with Crippen molar-refractivity contribution in [3.05, 3.63) is 29.8 Å². The first kappa shape index (κ1) is 23.2. The van der Waals surface area contributed by atoms with Gasteiger partial charge in [0.25, 0.3) is 5.91 Å². The van der Waals surface area contributed by atoms with Gasteiger partial charge in [0.05, 0.1) is 11.0 Å². The lowest BCUT2D eigenvalue weighted by molar-refractivity contribution is 0.0869. The van der Waals surface area contributed by atoms with Crippen LogP contribution in [-0.2, 0) is 14.8 Å². The number of carbonyl (C=O) groups excluding carboxylic acids is 1. The molecule has 168 valence electrons. The highest BCUT2D eigenvalue weighted by Gasteiger charge is 2.33. The molecule has 1 saturated heterocycles. The van der Waals surface area contributed by atoms with Crippen LogP contribution in [0.1, 0.15) is 61.7 Å². The van der Waals surface area contributed by atoms with Gasteiger partial charge in [0.15, 0.2) is 0 Å². The summed E-state index contributed by atoms with van der Waals surface area (Å²) in [4.78, 5) is 15.2. The van der Waals surface area contributed by atoms with Crippen LogP contribution in [0, 0.1) is 0 Å². The Morgan fingerprint density at radius 2 is 1.90 bits per heavy atom. The van der Waals surface area contributed by atoms with E-state index in [2.05, 4.69) is 29.0 Å². The summed E-state index contributed by atoms with van der Waals surface area (Å²) in [5, 5.41) is 3.06. The number of likely N-dealkylation sites (N-methyl/N-ethyl adjacent to an activating group) is 1. The Balaban J connectivity index is 1.64. The number of hydrogen-bond donors (Lipinski definition) is 2. The summed E-state index contributed by atoms with van der Waals surface area (Å²) in [6.45, 7) is 1.49. The fraction of sp³-hybridized carbons (Fsp3) is 0.682. The van der Waals surface area contributed by atoms with Crippen molar-refractivity contribution in [1.29, 1.82) is 0 Å². The Bertz CT molecular complexity index is 811. The second-order valence-electron chi connectivity index (χ2n) is 8.73. The van der Waals surface area contributed by atoms with Gasteiger partial charge >= 0.3 is 0 Å². The topological polar surface area (TPSA) is 87.7 Å². The molecule has 1 saturated carbocycles. The Morgan fingerprint density at radius 1 is 1.17 bits per heavy atom. The molecule has 1 unspecified atom stereocenters. The molecule has 0 spiro atoms. The van der Waals surface area contributed by atoms with E-state index in [0.29, 0.717) is 18.7 Å². The van der Waals surface area contributed by atoms with Gasteiger partial charge in [-0.25, -0.2) is 13.1 Å². The van der Waals surface area contributed by atoms with Crippen molar-refractivity contribution in [2.75, 3.05) is 33.8 Å². The van der Waals surface area contributed by atoms with Crippen LogP contribution >= 0.6 is 0 Å². The SMILES string of the molecule is CN(C)C1(CNC(=O)c2cccc(S(=O)(=O)NCC3CCCO3)c2)CCCCCC1. The summed E-state index contributed by atoms with van der Waals surface area (Å²) in [5.74, 6) is -0.239. The van der Waals surface area contributed by atoms with E-state index >= 15 is 0 Å². The number of ether oxygens (including phenoxy) is 1. The maximum absolute atomic E-state index is 12.8. The first-order valence-electron chi connectivity index (χ1n) is 11.0. The monoisotopic (exact) mass is 437 g/mol. The van der Waals surface area contributed by atoms with Gasteiger partial charge in [-0.05, 0) is 58.0 Å². The summed E-state index contributed by atoms with van der Waals surface area (Å²) in [6.07, 6.45) is 8.66. The molecule has 1 aliphatic carbocycles. The molecule has 1 aromatic carbocycles. The van der Waals surface area contributed by atoms with Crippen LogP contribution in [0.25, 0.3) is 0 Å². The van der Waals surface area contributed by atoms with E-state index in [4.69, 9.17) is 4.74 Å². The van der Waals surface area contributed by atoms with Gasteiger partial charge in [-0.3, -0.25) is 4.79 Å². The van der Waals surface area contributed by atoms with Crippen molar-refractivity contribution in [3.8, 4) is 0 Å². The third-order valence-electron chi connectivity index (χ3n) is 6.49. The first-order chi connectivity index (χ1) is 14.3. The van der Waals surface area contributed by atoms with Gasteiger partial charge in [0.2, 0.25) is 10.0 Å². The number of sulfonamides is 1. The number of carbonyl (C=O) groups is 1. The van der Waals surface area contributed by atoms with Crippen molar-refractivity contribution in [1.82, 2.24) is 14.9 Å². The quantitative estimate of drug-likeness (QED) is 0.610. The average molecular weight is 438 g/mol. The maximum Gasteiger partial charge on any atom is 0.251 e. The van der Waals surface area contributed by atoms with Crippen molar-refractivity contribution >= 4 is 15.9 Å². The average Bonchev–Trinajstić information content (AvgIpc) is 3.14. The molecular weight excluding hydrogens is 402 g/mol. The molecule has 1 aromatic rings. The third kappa shape index (κ3) is 5.81. The second kappa shape index (κ2) is 10.2. The summed E-state index contributed by atoms with van der Waals surface area (Å²) >= 11 is 0. The zero-order valence-electron chi connectivity index (χ0n) is 18.2. The first-order valence-corrected chi connectivity index (χ1v) is 12.5. The molecule has 0 aromatic heterocycles. The highest BCUT2D eigenvalue weighted by molar-refractivity contribution is 7.89. The highest BCUT2D eigenvalue weighted by atomic mass is 32.2. The van der Waals surface area contributed by atoms with E-state index in [9.17, 15) is 13.2 Å². The van der Waals surface area contributed by atoms with Gasteiger partial charge < -0.3 is 15.0 Å². The minimum Gasteiger partial charge on any atom is -0.377 e. The van der Waals surface area contributed by atoms with Gasteiger partial charge in [0, 0.05) is 30.8 Å². The predicted molar refractivity (Wildman–Crippen MR) is 117 cm³/mol. The van der Waals surface area contributed by atoms with E-state index in [1.165, 1.54) is 25.0 Å². The molecule has 2 aliphatic rings. The molecule has 3 rings (SSSR count). The highest BCUT2D eigenvalue weighted by Crippen LogP contribution is 2.30. The Kier molecular flexibility index (Phi) is 7.90. The number of hydrogen-bond acceptors (Lipinski definition) is 5. The Labute approximate surface area is 180 Å². The minimum absolute atomic E-state index is 0.0430. The van der Waals surface area contributed by atoms with Crippen LogP contribution in [0.4, 0.5) is 0 Å². The molecule has 1 aliphatic heterocycles. The van der Waals surface area contributed by atoms with Crippen molar-refractivity contribution in [2.45, 2.75) is 67.9 Å². The predicted octanol–water partition coefficient (Wildman–Crippen LogP) is 2.53. The van der Waals surface area contributed by atoms with Crippen LogP contribution in [0.2, 0.25) is 0 Å². The number of nitrogens with zero attached hydrogens (tertiary/aromatic N) is 1. The number of rotatable bonds is 8. The van der Waals surface area contributed by atoms with Crippen molar-refractivity contribution in [2.24, 2.45) is 0 Å². The van der Waals surface area contributed by atoms with Crippen LogP contribution < -0.4 is 10.0 Å². The van der Waals surface area contributed by atoms with Crippen molar-refractivity contribution < 1.29 is 17.9 Å². The fourth-order valence-electron chi connectivity index (χ4n) is 4.41. The molecule has 0 radical (unpaired) electrons. The van der Waals surface area contributed by atoms with Crippen LogP contribution in [-0.4, -0.2) is 64.7 Å². The maximum atomic E-state index is 12.8. The fourth-order valence-corrected chi connectivity index (χ4v) is 5.52. The van der Waals surface area contributed by atoms with E-state index in [-0.39, 0.29) is 29.0 Å². The van der Waals surface area contributed by atoms with Gasteiger partial charge in [-0.1, -0.05) is 31.7 Å².